The number of rotatable bonds is 6. The van der Waals surface area contributed by atoms with E-state index < -0.39 is 17.6 Å². The van der Waals surface area contributed by atoms with Crippen molar-refractivity contribution in [1.29, 1.82) is 5.26 Å². The zero-order valence-electron chi connectivity index (χ0n) is 16.6. The van der Waals surface area contributed by atoms with Crippen molar-refractivity contribution in [2.24, 2.45) is 5.92 Å². The summed E-state index contributed by atoms with van der Waals surface area (Å²) in [5, 5.41) is 12.2. The molecular weight excluding hydrogens is 364 g/mol. The Kier molecular flexibility index (Phi) is 5.89. The lowest BCUT2D eigenvalue weighted by Crippen LogP contribution is -2.29. The molecule has 0 saturated carbocycles. The Morgan fingerprint density at radius 3 is 2.52 bits per heavy atom. The molecule has 3 aromatic rings. The number of Topliss-reactive ketones (excluding diaryl/α,β-unsaturated/α-hetero) is 1. The first-order valence-corrected chi connectivity index (χ1v) is 9.39. The molecule has 1 amide bonds. The van der Waals surface area contributed by atoms with E-state index in [0.29, 0.717) is 16.9 Å². The summed E-state index contributed by atoms with van der Waals surface area (Å²) in [5.74, 6) is -2.57. The Labute approximate surface area is 169 Å². The van der Waals surface area contributed by atoms with Crippen LogP contribution in [0, 0.1) is 31.1 Å². The fourth-order valence-electron chi connectivity index (χ4n) is 3.33. The maximum absolute atomic E-state index is 13.0. The van der Waals surface area contributed by atoms with Crippen LogP contribution in [0.4, 0.5) is 5.69 Å². The van der Waals surface area contributed by atoms with E-state index in [-0.39, 0.29) is 0 Å². The number of anilines is 1. The van der Waals surface area contributed by atoms with Crippen molar-refractivity contribution in [3.8, 4) is 11.8 Å². The molecule has 0 aliphatic carbocycles. The van der Waals surface area contributed by atoms with Crippen LogP contribution in [-0.4, -0.2) is 21.2 Å². The Hall–Kier alpha value is -3.72. The van der Waals surface area contributed by atoms with Gasteiger partial charge in [-0.1, -0.05) is 19.1 Å². The summed E-state index contributed by atoms with van der Waals surface area (Å²) in [7, 11) is 0. The number of amides is 1. The van der Waals surface area contributed by atoms with Gasteiger partial charge in [0.15, 0.2) is 11.7 Å². The third-order valence-electron chi connectivity index (χ3n) is 4.88. The van der Waals surface area contributed by atoms with Crippen LogP contribution in [-0.2, 0) is 11.2 Å². The zero-order valence-corrected chi connectivity index (χ0v) is 16.6. The molecule has 3 rings (SSSR count). The summed E-state index contributed by atoms with van der Waals surface area (Å²) in [6, 6.07) is 14.6. The van der Waals surface area contributed by atoms with Crippen molar-refractivity contribution in [3.63, 3.8) is 0 Å². The second-order valence-electron chi connectivity index (χ2n) is 6.80. The van der Waals surface area contributed by atoms with Crippen molar-refractivity contribution >= 4 is 17.4 Å². The van der Waals surface area contributed by atoms with E-state index in [1.54, 1.807) is 37.5 Å². The maximum atomic E-state index is 13.0. The second-order valence-corrected chi connectivity index (χ2v) is 6.80. The lowest BCUT2D eigenvalue weighted by atomic mass is 9.98. The first-order chi connectivity index (χ1) is 14.0. The third-order valence-corrected chi connectivity index (χ3v) is 4.88. The number of ketones is 1. The van der Waals surface area contributed by atoms with Crippen molar-refractivity contribution in [1.82, 2.24) is 9.55 Å². The van der Waals surface area contributed by atoms with Crippen LogP contribution < -0.4 is 5.32 Å². The van der Waals surface area contributed by atoms with Gasteiger partial charge in [-0.3, -0.25) is 14.6 Å². The van der Waals surface area contributed by atoms with Crippen molar-refractivity contribution in [2.75, 3.05) is 5.32 Å². The molecule has 0 fully saturated rings. The van der Waals surface area contributed by atoms with Crippen LogP contribution in [0.2, 0.25) is 0 Å². The van der Waals surface area contributed by atoms with E-state index in [9.17, 15) is 14.9 Å². The highest BCUT2D eigenvalue weighted by atomic mass is 16.2. The van der Waals surface area contributed by atoms with Crippen LogP contribution in [0.3, 0.4) is 0 Å². The highest BCUT2D eigenvalue weighted by Gasteiger charge is 2.30. The first kappa shape index (κ1) is 20.0. The molecule has 1 aromatic carbocycles. The number of hydrogen-bond acceptors (Lipinski definition) is 4. The Morgan fingerprint density at radius 2 is 1.93 bits per heavy atom. The van der Waals surface area contributed by atoms with Crippen LogP contribution in [0.25, 0.3) is 5.69 Å². The van der Waals surface area contributed by atoms with Crippen molar-refractivity contribution in [3.05, 3.63) is 77.4 Å². The molecule has 1 atom stereocenters. The number of nitrogens with zero attached hydrogens (tertiary/aromatic N) is 3. The second kappa shape index (κ2) is 8.53. The summed E-state index contributed by atoms with van der Waals surface area (Å²) in [6.07, 6.45) is 4.26. The summed E-state index contributed by atoms with van der Waals surface area (Å²) in [6.45, 7) is 5.70. The maximum Gasteiger partial charge on any atom is 0.249 e. The van der Waals surface area contributed by atoms with Crippen molar-refractivity contribution in [2.45, 2.75) is 27.2 Å². The minimum atomic E-state index is -1.43. The highest BCUT2D eigenvalue weighted by Crippen LogP contribution is 2.23. The van der Waals surface area contributed by atoms with Gasteiger partial charge in [-0.05, 0) is 56.2 Å². The topological polar surface area (TPSA) is 87.8 Å². The lowest BCUT2D eigenvalue weighted by Gasteiger charge is -2.11. The van der Waals surface area contributed by atoms with Gasteiger partial charge < -0.3 is 9.88 Å². The van der Waals surface area contributed by atoms with Gasteiger partial charge in [0.1, 0.15) is 0 Å². The third kappa shape index (κ3) is 4.09. The van der Waals surface area contributed by atoms with Gasteiger partial charge in [-0.15, -0.1) is 0 Å². The van der Waals surface area contributed by atoms with Gasteiger partial charge >= 0.3 is 0 Å². The van der Waals surface area contributed by atoms with E-state index in [1.165, 1.54) is 0 Å². The summed E-state index contributed by atoms with van der Waals surface area (Å²) in [5.41, 5.74) is 4.36. The molecule has 2 aromatic heterocycles. The van der Waals surface area contributed by atoms with Crippen LogP contribution in [0.5, 0.6) is 0 Å². The number of aromatic nitrogens is 2. The first-order valence-electron chi connectivity index (χ1n) is 9.39. The lowest BCUT2D eigenvalue weighted by molar-refractivity contribution is -0.117. The molecule has 1 N–H and O–H groups in total. The molecule has 0 radical (unpaired) electrons. The smallest absolute Gasteiger partial charge is 0.249 e. The molecule has 6 heteroatoms. The minimum Gasteiger partial charge on any atom is -0.325 e. The monoisotopic (exact) mass is 386 g/mol. The molecule has 2 heterocycles. The summed E-state index contributed by atoms with van der Waals surface area (Å²) < 4.78 is 1.88. The van der Waals surface area contributed by atoms with Crippen molar-refractivity contribution < 1.29 is 9.59 Å². The van der Waals surface area contributed by atoms with Crippen LogP contribution in [0.1, 0.15) is 34.2 Å². The van der Waals surface area contributed by atoms with Crippen LogP contribution >= 0.6 is 0 Å². The van der Waals surface area contributed by atoms with E-state index >= 15 is 0 Å². The molecule has 0 saturated heterocycles. The average molecular weight is 386 g/mol. The van der Waals surface area contributed by atoms with Gasteiger partial charge in [-0.25, -0.2) is 0 Å². The van der Waals surface area contributed by atoms with E-state index in [0.717, 1.165) is 23.4 Å². The number of carbonyl (C=O) groups excluding carboxylic acids is 2. The Morgan fingerprint density at radius 1 is 1.21 bits per heavy atom. The molecule has 29 heavy (non-hydrogen) atoms. The van der Waals surface area contributed by atoms with Crippen LogP contribution in [0.15, 0.2) is 54.9 Å². The van der Waals surface area contributed by atoms with Gasteiger partial charge in [0.05, 0.1) is 18.0 Å². The quantitative estimate of drug-likeness (QED) is 0.512. The minimum absolute atomic E-state index is 0.356. The predicted molar refractivity (Wildman–Crippen MR) is 111 cm³/mol. The Balaban J connectivity index is 1.86. The number of carbonyl (C=O) groups is 2. The fraction of sp³-hybridized carbons (Fsp3) is 0.217. The molecule has 0 bridgehead atoms. The largest absolute Gasteiger partial charge is 0.325 e. The highest BCUT2D eigenvalue weighted by molar-refractivity contribution is 6.16. The molecule has 0 aliphatic heterocycles. The summed E-state index contributed by atoms with van der Waals surface area (Å²) in [4.78, 5) is 29.7. The molecule has 0 spiro atoms. The zero-order chi connectivity index (χ0) is 21.0. The number of nitriles is 1. The van der Waals surface area contributed by atoms with E-state index in [4.69, 9.17) is 0 Å². The number of hydrogen-bond donors (Lipinski definition) is 1. The molecule has 0 aliphatic rings. The molecule has 6 nitrogen and oxygen atoms in total. The predicted octanol–water partition coefficient (Wildman–Crippen LogP) is 4.01. The number of benzene rings is 1. The van der Waals surface area contributed by atoms with E-state index in [1.807, 2.05) is 48.7 Å². The number of pyridine rings is 1. The van der Waals surface area contributed by atoms with Gasteiger partial charge in [-0.2, -0.15) is 5.26 Å². The average Bonchev–Trinajstić information content (AvgIpc) is 3.03. The standard InChI is InChI=1S/C23H22N4O2/c1-4-17-7-9-18(10-8-17)26-23(29)21(13-24)22(28)20-12-15(2)27(16(20)3)19-6-5-11-25-14-19/h5-12,14,21H,4H2,1-3H3,(H,26,29). The molecular formula is C23H22N4O2. The Bertz CT molecular complexity index is 1080. The van der Waals surface area contributed by atoms with Gasteiger partial charge in [0.2, 0.25) is 5.91 Å². The van der Waals surface area contributed by atoms with E-state index in [2.05, 4.69) is 10.3 Å². The molecule has 1 unspecified atom stereocenters. The SMILES string of the molecule is CCc1ccc(NC(=O)C(C#N)C(=O)c2cc(C)n(-c3cccnc3)c2C)cc1. The van der Waals surface area contributed by atoms with Gasteiger partial charge in [0, 0.05) is 28.8 Å². The summed E-state index contributed by atoms with van der Waals surface area (Å²) >= 11 is 0. The number of nitrogens with one attached hydrogen (secondary N) is 1. The van der Waals surface area contributed by atoms with Gasteiger partial charge in [0.25, 0.3) is 0 Å². The number of aryl methyl sites for hydroxylation is 2. The molecule has 146 valence electrons. The fourth-order valence-corrected chi connectivity index (χ4v) is 3.33. The normalized spacial score (nSPS) is 11.5.